The first kappa shape index (κ1) is 21.4. The van der Waals surface area contributed by atoms with Crippen LogP contribution in [0.4, 0.5) is 5.69 Å². The van der Waals surface area contributed by atoms with Crippen LogP contribution in [0.25, 0.3) is 0 Å². The highest BCUT2D eigenvalue weighted by Crippen LogP contribution is 2.41. The zero-order valence-electron chi connectivity index (χ0n) is 17.9. The van der Waals surface area contributed by atoms with E-state index in [0.29, 0.717) is 24.5 Å². The molecule has 5 heteroatoms. The number of amides is 1. The lowest BCUT2D eigenvalue weighted by Gasteiger charge is -2.27. The first-order valence-corrected chi connectivity index (χ1v) is 10.7. The van der Waals surface area contributed by atoms with E-state index in [4.69, 9.17) is 4.74 Å². The molecular formula is C27H25NO4. The molecule has 0 radical (unpaired) electrons. The summed E-state index contributed by atoms with van der Waals surface area (Å²) in [7, 11) is 0. The molecule has 1 aliphatic heterocycles. The zero-order chi connectivity index (χ0) is 22.5. The monoisotopic (exact) mass is 427 g/mol. The van der Waals surface area contributed by atoms with Crippen molar-refractivity contribution in [1.29, 1.82) is 0 Å². The highest BCUT2D eigenvalue weighted by molar-refractivity contribution is 6.16. The van der Waals surface area contributed by atoms with Gasteiger partial charge in [-0.25, -0.2) is 0 Å². The van der Waals surface area contributed by atoms with Crippen molar-refractivity contribution >= 4 is 17.4 Å². The summed E-state index contributed by atoms with van der Waals surface area (Å²) in [6, 6.07) is 25.4. The molecule has 3 aromatic rings. The summed E-state index contributed by atoms with van der Waals surface area (Å²) in [5.41, 5.74) is 2.52. The molecular weight excluding hydrogens is 402 g/mol. The van der Waals surface area contributed by atoms with Crippen LogP contribution in [0, 0.1) is 0 Å². The molecule has 0 saturated heterocycles. The Hall–Kier alpha value is -3.86. The van der Waals surface area contributed by atoms with Gasteiger partial charge in [-0.05, 0) is 48.7 Å². The lowest BCUT2D eigenvalue weighted by Crippen LogP contribution is -2.31. The van der Waals surface area contributed by atoms with Crippen molar-refractivity contribution in [2.45, 2.75) is 25.8 Å². The molecule has 0 saturated carbocycles. The Morgan fingerprint density at radius 2 is 1.56 bits per heavy atom. The highest BCUT2D eigenvalue weighted by atomic mass is 16.5. The van der Waals surface area contributed by atoms with Gasteiger partial charge in [-0.2, -0.15) is 0 Å². The smallest absolute Gasteiger partial charge is 0.294 e. The maximum Gasteiger partial charge on any atom is 0.294 e. The maximum atomic E-state index is 13.3. The molecule has 4 rings (SSSR count). The van der Waals surface area contributed by atoms with E-state index in [1.54, 1.807) is 12.1 Å². The number of rotatable bonds is 8. The Bertz CT molecular complexity index is 1120. The number of aryl methyl sites for hydroxylation is 1. The molecule has 1 heterocycles. The zero-order valence-corrected chi connectivity index (χ0v) is 17.9. The molecule has 0 aromatic heterocycles. The number of carbonyl (C=O) groups is 2. The molecule has 1 amide bonds. The van der Waals surface area contributed by atoms with Gasteiger partial charge in [0.05, 0.1) is 18.2 Å². The average Bonchev–Trinajstić information content (AvgIpc) is 3.10. The number of anilines is 1. The molecule has 0 bridgehead atoms. The van der Waals surface area contributed by atoms with Crippen molar-refractivity contribution in [3.05, 3.63) is 107 Å². The maximum absolute atomic E-state index is 13.3. The summed E-state index contributed by atoms with van der Waals surface area (Å²) in [6.45, 7) is 2.45. The van der Waals surface area contributed by atoms with Crippen LogP contribution in [0.5, 0.6) is 5.75 Å². The summed E-state index contributed by atoms with van der Waals surface area (Å²) in [6.07, 6.45) is 0.735. The van der Waals surface area contributed by atoms with Gasteiger partial charge in [0, 0.05) is 12.1 Å². The Morgan fingerprint density at radius 3 is 2.19 bits per heavy atom. The lowest BCUT2D eigenvalue weighted by atomic mass is 9.93. The predicted molar refractivity (Wildman–Crippen MR) is 124 cm³/mol. The minimum Gasteiger partial charge on any atom is -0.503 e. The minimum absolute atomic E-state index is 0.138. The number of ether oxygens (including phenoxy) is 1. The van der Waals surface area contributed by atoms with Gasteiger partial charge in [-0.3, -0.25) is 14.5 Å². The summed E-state index contributed by atoms with van der Waals surface area (Å²) in [5.74, 6) is -0.585. The number of Topliss-reactive ketones (excluding diaryl/α,β-unsaturated/α-hetero) is 1. The third kappa shape index (κ3) is 4.28. The van der Waals surface area contributed by atoms with E-state index in [2.05, 4.69) is 0 Å². The van der Waals surface area contributed by atoms with Gasteiger partial charge in [0.25, 0.3) is 5.91 Å². The van der Waals surface area contributed by atoms with Gasteiger partial charge in [0.1, 0.15) is 5.75 Å². The average molecular weight is 428 g/mol. The molecule has 162 valence electrons. The van der Waals surface area contributed by atoms with Crippen LogP contribution in [0.1, 0.15) is 30.5 Å². The predicted octanol–water partition coefficient (Wildman–Crippen LogP) is 5.19. The topological polar surface area (TPSA) is 66.8 Å². The van der Waals surface area contributed by atoms with E-state index in [9.17, 15) is 14.7 Å². The number of hydrogen-bond donors (Lipinski definition) is 1. The van der Waals surface area contributed by atoms with Crippen LogP contribution in [0.15, 0.2) is 96.3 Å². The Morgan fingerprint density at radius 1 is 0.938 bits per heavy atom. The fourth-order valence-corrected chi connectivity index (χ4v) is 4.01. The summed E-state index contributed by atoms with van der Waals surface area (Å²) in [4.78, 5) is 27.9. The van der Waals surface area contributed by atoms with Crippen LogP contribution < -0.4 is 9.64 Å². The number of para-hydroxylation sites is 1. The van der Waals surface area contributed by atoms with Crippen LogP contribution in [-0.4, -0.2) is 23.4 Å². The molecule has 0 spiro atoms. The number of benzene rings is 3. The molecule has 3 aromatic carbocycles. The van der Waals surface area contributed by atoms with E-state index < -0.39 is 17.7 Å². The molecule has 5 nitrogen and oxygen atoms in total. The lowest BCUT2D eigenvalue weighted by molar-refractivity contribution is -0.118. The second-order valence-corrected chi connectivity index (χ2v) is 7.59. The standard InChI is InChI=1S/C27H25NO4/c1-2-32-22-16-14-20(15-17-22)25-24(23(29)18-13-19-9-5-3-6-10-19)26(30)27(31)28(25)21-11-7-4-8-12-21/h3-12,14-17,25,30H,2,13,18H2,1H3. The molecule has 1 atom stereocenters. The van der Waals surface area contributed by atoms with Gasteiger partial charge in [-0.15, -0.1) is 0 Å². The second-order valence-electron chi connectivity index (χ2n) is 7.59. The molecule has 1 aliphatic rings. The van der Waals surface area contributed by atoms with Gasteiger partial charge < -0.3 is 9.84 Å². The quantitative estimate of drug-likeness (QED) is 0.537. The van der Waals surface area contributed by atoms with Crippen LogP contribution >= 0.6 is 0 Å². The number of carbonyl (C=O) groups excluding carboxylic acids is 2. The number of ketones is 1. The van der Waals surface area contributed by atoms with Crippen molar-refractivity contribution < 1.29 is 19.4 Å². The van der Waals surface area contributed by atoms with Crippen LogP contribution in [0.3, 0.4) is 0 Å². The number of aliphatic hydroxyl groups is 1. The van der Waals surface area contributed by atoms with E-state index in [-0.39, 0.29) is 17.8 Å². The fraction of sp³-hybridized carbons (Fsp3) is 0.185. The van der Waals surface area contributed by atoms with Gasteiger partial charge in [0.15, 0.2) is 11.5 Å². The van der Waals surface area contributed by atoms with Crippen molar-refractivity contribution in [2.75, 3.05) is 11.5 Å². The summed E-state index contributed by atoms with van der Waals surface area (Å²) < 4.78 is 5.53. The SMILES string of the molecule is CCOc1ccc(C2C(C(=O)CCc3ccccc3)=C(O)C(=O)N2c2ccccc2)cc1. The summed E-state index contributed by atoms with van der Waals surface area (Å²) >= 11 is 0. The van der Waals surface area contributed by atoms with E-state index in [0.717, 1.165) is 11.1 Å². The fourth-order valence-electron chi connectivity index (χ4n) is 4.01. The van der Waals surface area contributed by atoms with Crippen LogP contribution in [-0.2, 0) is 16.0 Å². The first-order chi connectivity index (χ1) is 15.6. The molecule has 0 aliphatic carbocycles. The number of hydrogen-bond acceptors (Lipinski definition) is 4. The Labute approximate surface area is 187 Å². The molecule has 32 heavy (non-hydrogen) atoms. The molecule has 1 unspecified atom stereocenters. The highest BCUT2D eigenvalue weighted by Gasteiger charge is 2.44. The van der Waals surface area contributed by atoms with Crippen LogP contribution in [0.2, 0.25) is 0 Å². The third-order valence-electron chi connectivity index (χ3n) is 5.53. The van der Waals surface area contributed by atoms with E-state index in [1.165, 1.54) is 4.90 Å². The van der Waals surface area contributed by atoms with Crippen molar-refractivity contribution in [3.8, 4) is 5.75 Å². The van der Waals surface area contributed by atoms with E-state index >= 15 is 0 Å². The molecule has 1 N–H and O–H groups in total. The number of aliphatic hydroxyl groups excluding tert-OH is 1. The summed E-state index contributed by atoms with van der Waals surface area (Å²) in [5, 5.41) is 10.8. The Balaban J connectivity index is 1.70. The largest absolute Gasteiger partial charge is 0.503 e. The van der Waals surface area contributed by atoms with Crippen molar-refractivity contribution in [3.63, 3.8) is 0 Å². The van der Waals surface area contributed by atoms with Gasteiger partial charge in [0.2, 0.25) is 0 Å². The molecule has 0 fully saturated rings. The first-order valence-electron chi connectivity index (χ1n) is 10.7. The second kappa shape index (κ2) is 9.52. The van der Waals surface area contributed by atoms with Gasteiger partial charge in [-0.1, -0.05) is 60.7 Å². The minimum atomic E-state index is -0.705. The normalized spacial score (nSPS) is 15.8. The Kier molecular flexibility index (Phi) is 6.36. The van der Waals surface area contributed by atoms with E-state index in [1.807, 2.05) is 79.7 Å². The van der Waals surface area contributed by atoms with Crippen molar-refractivity contribution in [2.24, 2.45) is 0 Å². The number of nitrogens with zero attached hydrogens (tertiary/aromatic N) is 1. The van der Waals surface area contributed by atoms with Crippen molar-refractivity contribution in [1.82, 2.24) is 0 Å². The third-order valence-corrected chi connectivity index (χ3v) is 5.53. The van der Waals surface area contributed by atoms with Gasteiger partial charge >= 0.3 is 0 Å².